The second kappa shape index (κ2) is 12.2. The molecule has 4 aromatic carbocycles. The molecule has 6 nitrogen and oxygen atoms in total. The fourth-order valence-corrected chi connectivity index (χ4v) is 4.02. The number of halogens is 1. The Bertz CT molecular complexity index is 1370. The van der Waals surface area contributed by atoms with Crippen LogP contribution in [-0.2, 0) is 0 Å². The quantitative estimate of drug-likeness (QED) is 0.196. The molecule has 0 fully saturated rings. The highest BCUT2D eigenvalue weighted by Gasteiger charge is 2.16. The third kappa shape index (κ3) is 7.21. The molecule has 0 saturated carbocycles. The van der Waals surface area contributed by atoms with Gasteiger partial charge in [-0.15, -0.1) is 0 Å². The number of carbonyl (C=O) groups excluding carboxylic acids is 2. The van der Waals surface area contributed by atoms with E-state index in [0.717, 1.165) is 11.4 Å². The number of rotatable bonds is 9. The predicted octanol–water partition coefficient (Wildman–Crippen LogP) is 7.73. The Balaban J connectivity index is 1.42. The van der Waals surface area contributed by atoms with Gasteiger partial charge in [0.25, 0.3) is 11.8 Å². The maximum Gasteiger partial charge on any atom is 0.257 e. The lowest BCUT2D eigenvalue weighted by Crippen LogP contribution is -2.18. The van der Waals surface area contributed by atoms with Gasteiger partial charge in [0.1, 0.15) is 5.75 Å². The van der Waals surface area contributed by atoms with E-state index in [1.165, 1.54) is 0 Å². The number of ether oxygens (including phenoxy) is 1. The summed E-state index contributed by atoms with van der Waals surface area (Å²) < 4.78 is 6.45. The van der Waals surface area contributed by atoms with Crippen LogP contribution in [-0.4, -0.2) is 18.4 Å². The van der Waals surface area contributed by atoms with Crippen molar-refractivity contribution in [3.63, 3.8) is 0 Å². The molecule has 7 heteroatoms. The van der Waals surface area contributed by atoms with Gasteiger partial charge in [0.2, 0.25) is 0 Å². The van der Waals surface area contributed by atoms with Crippen LogP contribution in [0.4, 0.5) is 22.7 Å². The number of nitrogens with one attached hydrogen (secondary N) is 3. The van der Waals surface area contributed by atoms with Crippen molar-refractivity contribution in [2.45, 2.75) is 13.8 Å². The van der Waals surface area contributed by atoms with Crippen molar-refractivity contribution in [2.24, 2.45) is 5.92 Å². The zero-order valence-electron chi connectivity index (χ0n) is 20.6. The molecule has 0 aliphatic rings. The van der Waals surface area contributed by atoms with Crippen LogP contribution in [0.1, 0.15) is 34.6 Å². The summed E-state index contributed by atoms with van der Waals surface area (Å²) >= 11 is 3.48. The van der Waals surface area contributed by atoms with E-state index in [4.69, 9.17) is 4.74 Å². The zero-order valence-corrected chi connectivity index (χ0v) is 22.2. The van der Waals surface area contributed by atoms with Crippen LogP contribution in [0.2, 0.25) is 0 Å². The molecule has 0 bridgehead atoms. The Morgan fingerprint density at radius 2 is 1.41 bits per heavy atom. The Hall–Kier alpha value is -4.10. The summed E-state index contributed by atoms with van der Waals surface area (Å²) in [6.45, 7) is 4.72. The van der Waals surface area contributed by atoms with Gasteiger partial charge >= 0.3 is 0 Å². The van der Waals surface area contributed by atoms with E-state index in [-0.39, 0.29) is 11.8 Å². The van der Waals surface area contributed by atoms with Crippen molar-refractivity contribution in [2.75, 3.05) is 22.6 Å². The van der Waals surface area contributed by atoms with Crippen LogP contribution >= 0.6 is 15.9 Å². The highest BCUT2D eigenvalue weighted by molar-refractivity contribution is 9.10. The highest BCUT2D eigenvalue weighted by atomic mass is 79.9. The Labute approximate surface area is 225 Å². The molecule has 188 valence electrons. The molecule has 0 aliphatic carbocycles. The number of amides is 2. The monoisotopic (exact) mass is 557 g/mol. The minimum Gasteiger partial charge on any atom is -0.492 e. The lowest BCUT2D eigenvalue weighted by Gasteiger charge is -2.13. The van der Waals surface area contributed by atoms with Crippen molar-refractivity contribution in [1.29, 1.82) is 0 Å². The first kappa shape index (κ1) is 26.0. The molecule has 0 atom stereocenters. The lowest BCUT2D eigenvalue weighted by molar-refractivity contribution is 0.102. The second-order valence-corrected chi connectivity index (χ2v) is 9.73. The molecule has 4 rings (SSSR count). The van der Waals surface area contributed by atoms with Gasteiger partial charge < -0.3 is 20.7 Å². The summed E-state index contributed by atoms with van der Waals surface area (Å²) in [7, 11) is 0. The van der Waals surface area contributed by atoms with E-state index in [9.17, 15) is 9.59 Å². The normalized spacial score (nSPS) is 10.6. The molecule has 0 spiro atoms. The summed E-state index contributed by atoms with van der Waals surface area (Å²) in [4.78, 5) is 26.0. The van der Waals surface area contributed by atoms with E-state index in [0.29, 0.717) is 45.2 Å². The van der Waals surface area contributed by atoms with Gasteiger partial charge in [-0.3, -0.25) is 9.59 Å². The fraction of sp³-hybridized carbons (Fsp3) is 0.133. The SMILES string of the molecule is CC(C)COc1ccc(C(=O)Nc2ccccc2C(=O)Nc2ccc(Nc3ccccc3)cc2)cc1Br. The molecule has 0 aromatic heterocycles. The number of carbonyl (C=O) groups is 2. The van der Waals surface area contributed by atoms with Crippen LogP contribution in [0.25, 0.3) is 0 Å². The highest BCUT2D eigenvalue weighted by Crippen LogP contribution is 2.27. The predicted molar refractivity (Wildman–Crippen MR) is 153 cm³/mol. The minimum absolute atomic E-state index is 0.321. The summed E-state index contributed by atoms with van der Waals surface area (Å²) in [5, 5.41) is 9.07. The topological polar surface area (TPSA) is 79.5 Å². The molecule has 0 saturated heterocycles. The summed E-state index contributed by atoms with van der Waals surface area (Å²) in [6, 6.07) is 29.4. The molecule has 4 aromatic rings. The molecular formula is C30H28BrN3O3. The van der Waals surface area contributed by atoms with Gasteiger partial charge in [-0.1, -0.05) is 44.2 Å². The van der Waals surface area contributed by atoms with Crippen LogP contribution < -0.4 is 20.7 Å². The molecular weight excluding hydrogens is 530 g/mol. The summed E-state index contributed by atoms with van der Waals surface area (Å²) in [5.74, 6) is 0.419. The van der Waals surface area contributed by atoms with Crippen molar-refractivity contribution in [1.82, 2.24) is 0 Å². The fourth-order valence-electron chi connectivity index (χ4n) is 3.52. The van der Waals surface area contributed by atoms with Crippen molar-refractivity contribution in [3.05, 3.63) is 113 Å². The first-order valence-electron chi connectivity index (χ1n) is 12.0. The Morgan fingerprint density at radius 1 is 0.757 bits per heavy atom. The summed E-state index contributed by atoms with van der Waals surface area (Å²) in [5.41, 5.74) is 3.76. The van der Waals surface area contributed by atoms with Gasteiger partial charge in [0, 0.05) is 22.6 Å². The number of hydrogen-bond donors (Lipinski definition) is 3. The molecule has 0 heterocycles. The molecule has 0 aliphatic heterocycles. The van der Waals surface area contributed by atoms with Gasteiger partial charge in [-0.25, -0.2) is 0 Å². The molecule has 0 radical (unpaired) electrons. The number of benzene rings is 4. The van der Waals surface area contributed by atoms with Gasteiger partial charge in [-0.05, 0) is 88.6 Å². The molecule has 3 N–H and O–H groups in total. The minimum atomic E-state index is -0.326. The third-order valence-electron chi connectivity index (χ3n) is 5.39. The lowest BCUT2D eigenvalue weighted by atomic mass is 10.1. The molecule has 37 heavy (non-hydrogen) atoms. The van der Waals surface area contributed by atoms with Crippen molar-refractivity contribution >= 4 is 50.5 Å². The number of anilines is 4. The van der Waals surface area contributed by atoms with Crippen LogP contribution in [0.3, 0.4) is 0 Å². The van der Waals surface area contributed by atoms with Crippen LogP contribution in [0.15, 0.2) is 102 Å². The molecule has 2 amide bonds. The number of hydrogen-bond acceptors (Lipinski definition) is 4. The number of para-hydroxylation sites is 2. The van der Waals surface area contributed by atoms with Gasteiger partial charge in [0.15, 0.2) is 0 Å². The van der Waals surface area contributed by atoms with Crippen molar-refractivity contribution in [3.8, 4) is 5.75 Å². The Morgan fingerprint density at radius 3 is 2.11 bits per heavy atom. The van der Waals surface area contributed by atoms with E-state index in [2.05, 4.69) is 45.7 Å². The van der Waals surface area contributed by atoms with Crippen LogP contribution in [0, 0.1) is 5.92 Å². The standard InChI is InChI=1S/C30H28BrN3O3/c1-20(2)19-37-28-17-12-21(18-26(28)31)29(35)34-27-11-7-6-10-25(27)30(36)33-24-15-13-23(14-16-24)32-22-8-4-3-5-9-22/h3-18,20,32H,19H2,1-2H3,(H,33,36)(H,34,35). The largest absolute Gasteiger partial charge is 0.492 e. The second-order valence-electron chi connectivity index (χ2n) is 8.87. The van der Waals surface area contributed by atoms with E-state index in [1.807, 2.05) is 54.6 Å². The first-order chi connectivity index (χ1) is 17.9. The van der Waals surface area contributed by atoms with E-state index >= 15 is 0 Å². The average molecular weight is 558 g/mol. The Kier molecular flexibility index (Phi) is 8.59. The van der Waals surface area contributed by atoms with E-state index in [1.54, 1.807) is 42.5 Å². The maximum absolute atomic E-state index is 13.1. The van der Waals surface area contributed by atoms with Gasteiger partial charge in [-0.2, -0.15) is 0 Å². The third-order valence-corrected chi connectivity index (χ3v) is 6.01. The zero-order chi connectivity index (χ0) is 26.2. The molecule has 0 unspecified atom stereocenters. The van der Waals surface area contributed by atoms with Gasteiger partial charge in [0.05, 0.1) is 22.3 Å². The first-order valence-corrected chi connectivity index (χ1v) is 12.7. The van der Waals surface area contributed by atoms with Crippen LogP contribution in [0.5, 0.6) is 5.75 Å². The summed E-state index contributed by atoms with van der Waals surface area (Å²) in [6.07, 6.45) is 0. The maximum atomic E-state index is 13.1. The van der Waals surface area contributed by atoms with Crippen molar-refractivity contribution < 1.29 is 14.3 Å². The van der Waals surface area contributed by atoms with E-state index < -0.39 is 0 Å². The average Bonchev–Trinajstić information content (AvgIpc) is 2.90. The smallest absolute Gasteiger partial charge is 0.257 e.